The van der Waals surface area contributed by atoms with E-state index in [4.69, 9.17) is 4.42 Å². The number of carbonyl (C=O) groups excluding carboxylic acids is 4. The maximum Gasteiger partial charge on any atom is 0.339 e. The summed E-state index contributed by atoms with van der Waals surface area (Å²) in [6.07, 6.45) is 0.182. The summed E-state index contributed by atoms with van der Waals surface area (Å²) in [5.41, 5.74) is -2.81. The van der Waals surface area contributed by atoms with E-state index in [0.29, 0.717) is 0 Å². The van der Waals surface area contributed by atoms with Crippen molar-refractivity contribution in [1.29, 1.82) is 0 Å². The number of methoxy groups -OCH3 is 3. The molecule has 1 aromatic heterocycles. The average molecular weight is 328 g/mol. The lowest BCUT2D eigenvalue weighted by atomic mass is 9.80. The molecule has 1 N–H and O–H groups in total. The minimum absolute atomic E-state index is 0.299. The molecule has 0 amide bonds. The zero-order valence-electron chi connectivity index (χ0n) is 12.7. The van der Waals surface area contributed by atoms with Crippen molar-refractivity contribution >= 4 is 23.7 Å². The summed E-state index contributed by atoms with van der Waals surface area (Å²) in [5.74, 6) is -7.03. The van der Waals surface area contributed by atoms with Gasteiger partial charge in [-0.1, -0.05) is 0 Å². The lowest BCUT2D eigenvalue weighted by Crippen LogP contribution is -2.54. The lowest BCUT2D eigenvalue weighted by Gasteiger charge is -2.29. The summed E-state index contributed by atoms with van der Waals surface area (Å²) >= 11 is 0. The largest absolute Gasteiger partial charge is 0.469 e. The molecular weight excluding hydrogens is 312 g/mol. The van der Waals surface area contributed by atoms with Gasteiger partial charge in [0, 0.05) is 0 Å². The molecule has 0 saturated carbocycles. The molecule has 126 valence electrons. The van der Waals surface area contributed by atoms with Crippen molar-refractivity contribution in [3.8, 4) is 0 Å². The topological polar surface area (TPSA) is 129 Å². The number of carbonyl (C=O) groups is 4. The van der Waals surface area contributed by atoms with Crippen LogP contribution in [0.5, 0.6) is 0 Å². The number of aliphatic hydroxyl groups is 1. The number of hydrogen-bond acceptors (Lipinski definition) is 9. The van der Waals surface area contributed by atoms with Crippen molar-refractivity contribution in [2.24, 2.45) is 5.92 Å². The molecule has 0 aliphatic heterocycles. The molecule has 0 radical (unpaired) electrons. The van der Waals surface area contributed by atoms with E-state index in [1.807, 2.05) is 0 Å². The average Bonchev–Trinajstić information content (AvgIpc) is 3.07. The van der Waals surface area contributed by atoms with E-state index in [0.717, 1.165) is 21.3 Å². The van der Waals surface area contributed by atoms with E-state index in [1.165, 1.54) is 18.4 Å². The maximum atomic E-state index is 12.4. The molecule has 1 heterocycles. The van der Waals surface area contributed by atoms with Crippen molar-refractivity contribution in [1.82, 2.24) is 0 Å². The predicted molar refractivity (Wildman–Crippen MR) is 72.1 cm³/mol. The molecule has 0 aliphatic rings. The first-order valence-corrected chi connectivity index (χ1v) is 6.35. The quantitative estimate of drug-likeness (QED) is 0.311. The zero-order valence-corrected chi connectivity index (χ0v) is 12.7. The molecule has 23 heavy (non-hydrogen) atoms. The molecule has 9 nitrogen and oxygen atoms in total. The second-order valence-corrected chi connectivity index (χ2v) is 4.47. The van der Waals surface area contributed by atoms with E-state index in [-0.39, 0.29) is 5.76 Å². The Bertz CT molecular complexity index is 589. The van der Waals surface area contributed by atoms with Gasteiger partial charge < -0.3 is 23.7 Å². The van der Waals surface area contributed by atoms with Crippen LogP contribution in [0, 0.1) is 5.92 Å². The second kappa shape index (κ2) is 7.54. The minimum atomic E-state index is -2.81. The van der Waals surface area contributed by atoms with Crippen LogP contribution in [0.1, 0.15) is 17.0 Å². The summed E-state index contributed by atoms with van der Waals surface area (Å²) in [6, 6.07) is 2.60. The molecule has 0 bridgehead atoms. The van der Waals surface area contributed by atoms with E-state index in [9.17, 15) is 24.3 Å². The van der Waals surface area contributed by atoms with Crippen LogP contribution < -0.4 is 0 Å². The van der Waals surface area contributed by atoms with Gasteiger partial charge in [-0.2, -0.15) is 0 Å². The molecule has 0 spiro atoms. The van der Waals surface area contributed by atoms with Crippen LogP contribution in [0.15, 0.2) is 22.8 Å². The SMILES string of the molecule is COC(=O)CC(O)(C(=O)OC)C(C(=O)OC)C(=O)c1ccco1. The third-order valence-corrected chi connectivity index (χ3v) is 3.12. The molecule has 1 rings (SSSR count). The monoisotopic (exact) mass is 328 g/mol. The Kier molecular flexibility index (Phi) is 6.02. The number of furan rings is 1. The highest BCUT2D eigenvalue weighted by Gasteiger charge is 2.55. The zero-order chi connectivity index (χ0) is 17.6. The van der Waals surface area contributed by atoms with Crippen molar-refractivity contribution in [2.45, 2.75) is 12.0 Å². The normalized spacial score (nSPS) is 14.3. The molecule has 0 aliphatic carbocycles. The summed E-state index contributed by atoms with van der Waals surface area (Å²) in [4.78, 5) is 47.9. The molecule has 2 atom stereocenters. The molecule has 0 fully saturated rings. The van der Waals surface area contributed by atoms with Gasteiger partial charge in [0.1, 0.15) is 0 Å². The second-order valence-electron chi connectivity index (χ2n) is 4.47. The molecule has 9 heteroatoms. The third-order valence-electron chi connectivity index (χ3n) is 3.12. The Morgan fingerprint density at radius 1 is 1.17 bits per heavy atom. The highest BCUT2D eigenvalue weighted by atomic mass is 16.6. The highest BCUT2D eigenvalue weighted by molar-refractivity contribution is 6.12. The standard InChI is InChI=1S/C14H16O9/c1-20-9(15)7-14(19,13(18)22-3)10(12(17)21-2)11(16)8-5-4-6-23-8/h4-6,10,19H,7H2,1-3H3. The molecular formula is C14H16O9. The lowest BCUT2D eigenvalue weighted by molar-refractivity contribution is -0.179. The van der Waals surface area contributed by atoms with Gasteiger partial charge in [0.05, 0.1) is 34.0 Å². The van der Waals surface area contributed by atoms with Gasteiger partial charge in [-0.15, -0.1) is 0 Å². The van der Waals surface area contributed by atoms with Crippen LogP contribution in [0.4, 0.5) is 0 Å². The van der Waals surface area contributed by atoms with E-state index in [2.05, 4.69) is 14.2 Å². The van der Waals surface area contributed by atoms with Crippen molar-refractivity contribution in [3.63, 3.8) is 0 Å². The first-order chi connectivity index (χ1) is 10.8. The Labute approximate surface area is 131 Å². The van der Waals surface area contributed by atoms with Crippen molar-refractivity contribution < 1.29 is 42.9 Å². The van der Waals surface area contributed by atoms with Gasteiger partial charge in [-0.3, -0.25) is 14.4 Å². The summed E-state index contributed by atoms with van der Waals surface area (Å²) < 4.78 is 18.1. The van der Waals surface area contributed by atoms with Gasteiger partial charge in [0.15, 0.2) is 17.3 Å². The highest BCUT2D eigenvalue weighted by Crippen LogP contribution is 2.29. The van der Waals surface area contributed by atoms with Crippen LogP contribution in [0.25, 0.3) is 0 Å². The Morgan fingerprint density at radius 3 is 2.26 bits per heavy atom. The number of ketones is 1. The fourth-order valence-corrected chi connectivity index (χ4v) is 1.96. The maximum absolute atomic E-state index is 12.4. The van der Waals surface area contributed by atoms with Gasteiger partial charge in [-0.25, -0.2) is 4.79 Å². The number of rotatable bonds is 7. The Balaban J connectivity index is 3.38. The van der Waals surface area contributed by atoms with Gasteiger partial charge >= 0.3 is 17.9 Å². The van der Waals surface area contributed by atoms with E-state index in [1.54, 1.807) is 0 Å². The molecule has 0 aromatic carbocycles. The van der Waals surface area contributed by atoms with Crippen molar-refractivity contribution in [3.05, 3.63) is 24.2 Å². The first-order valence-electron chi connectivity index (χ1n) is 6.35. The molecule has 2 unspecified atom stereocenters. The smallest absolute Gasteiger partial charge is 0.339 e. The van der Waals surface area contributed by atoms with Crippen LogP contribution in [-0.2, 0) is 28.6 Å². The first kappa shape index (κ1) is 18.4. The van der Waals surface area contributed by atoms with Gasteiger partial charge in [-0.05, 0) is 12.1 Å². The summed E-state index contributed by atoms with van der Waals surface area (Å²) in [5, 5.41) is 10.6. The molecule has 0 saturated heterocycles. The van der Waals surface area contributed by atoms with E-state index < -0.39 is 41.6 Å². The van der Waals surface area contributed by atoms with Gasteiger partial charge in [0.2, 0.25) is 5.78 Å². The Morgan fingerprint density at radius 2 is 1.83 bits per heavy atom. The predicted octanol–water partition coefficient (Wildman–Crippen LogP) is -0.281. The summed E-state index contributed by atoms with van der Waals surface area (Å²) in [6.45, 7) is 0. The van der Waals surface area contributed by atoms with Gasteiger partial charge in [0.25, 0.3) is 0 Å². The minimum Gasteiger partial charge on any atom is -0.469 e. The molecule has 1 aromatic rings. The van der Waals surface area contributed by atoms with Crippen LogP contribution in [0.2, 0.25) is 0 Å². The Hall–Kier alpha value is -2.68. The number of hydrogen-bond donors (Lipinski definition) is 1. The third kappa shape index (κ3) is 3.75. The number of esters is 3. The van der Waals surface area contributed by atoms with Crippen LogP contribution >= 0.6 is 0 Å². The van der Waals surface area contributed by atoms with Crippen molar-refractivity contribution in [2.75, 3.05) is 21.3 Å². The fraction of sp³-hybridized carbons (Fsp3) is 0.429. The number of Topliss-reactive ketones (excluding diaryl/α,β-unsaturated/α-hetero) is 1. The fourth-order valence-electron chi connectivity index (χ4n) is 1.96. The van der Waals surface area contributed by atoms with Crippen LogP contribution in [-0.4, -0.2) is 55.7 Å². The van der Waals surface area contributed by atoms with Crippen LogP contribution in [0.3, 0.4) is 0 Å². The summed E-state index contributed by atoms with van der Waals surface area (Å²) in [7, 11) is 2.90. The van der Waals surface area contributed by atoms with E-state index >= 15 is 0 Å². The number of ether oxygens (including phenoxy) is 3.